The summed E-state index contributed by atoms with van der Waals surface area (Å²) in [5.41, 5.74) is 0. The third-order valence-electron chi connectivity index (χ3n) is 9.13. The van der Waals surface area contributed by atoms with E-state index >= 15 is 0 Å². The molecule has 0 spiro atoms. The summed E-state index contributed by atoms with van der Waals surface area (Å²) in [6, 6.07) is 0. The van der Waals surface area contributed by atoms with Gasteiger partial charge in [0.2, 0.25) is 0 Å². The lowest BCUT2D eigenvalue weighted by Gasteiger charge is -2.18. The van der Waals surface area contributed by atoms with Crippen molar-refractivity contribution < 1.29 is 28.6 Å². The minimum Gasteiger partial charge on any atom is -0.462 e. The first-order valence-corrected chi connectivity index (χ1v) is 21.5. The van der Waals surface area contributed by atoms with Gasteiger partial charge in [0.05, 0.1) is 0 Å². The molecule has 51 heavy (non-hydrogen) atoms. The van der Waals surface area contributed by atoms with Crippen LogP contribution in [0.25, 0.3) is 0 Å². The molecule has 0 radical (unpaired) electrons. The summed E-state index contributed by atoms with van der Waals surface area (Å²) in [6.45, 7) is 6.44. The zero-order chi connectivity index (χ0) is 37.3. The second kappa shape index (κ2) is 40.4. The molecule has 1 unspecified atom stereocenters. The molecular formula is C45H80O6. The molecule has 0 fully saturated rings. The number of rotatable bonds is 38. The Bertz CT molecular complexity index is 876. The van der Waals surface area contributed by atoms with Crippen LogP contribution in [0.1, 0.15) is 213 Å². The maximum atomic E-state index is 12.7. The molecule has 0 N–H and O–H groups in total. The fourth-order valence-corrected chi connectivity index (χ4v) is 5.89. The van der Waals surface area contributed by atoms with Crippen molar-refractivity contribution in [3.63, 3.8) is 0 Å². The van der Waals surface area contributed by atoms with Gasteiger partial charge in [-0.3, -0.25) is 14.4 Å². The number of unbranched alkanes of at least 4 members (excludes halogenated alkanes) is 21. The van der Waals surface area contributed by atoms with E-state index in [2.05, 4.69) is 57.2 Å². The van der Waals surface area contributed by atoms with Crippen molar-refractivity contribution >= 4 is 17.9 Å². The lowest BCUT2D eigenvalue weighted by molar-refractivity contribution is -0.167. The third kappa shape index (κ3) is 38.7. The molecule has 0 bridgehead atoms. The second-order valence-corrected chi connectivity index (χ2v) is 14.2. The minimum atomic E-state index is -0.781. The van der Waals surface area contributed by atoms with Gasteiger partial charge in [-0.25, -0.2) is 0 Å². The average molecular weight is 717 g/mol. The molecule has 6 heteroatoms. The van der Waals surface area contributed by atoms with E-state index in [0.717, 1.165) is 83.5 Å². The van der Waals surface area contributed by atoms with Gasteiger partial charge in [-0.15, -0.1) is 0 Å². The summed E-state index contributed by atoms with van der Waals surface area (Å²) in [6.07, 6.45) is 44.2. The molecule has 0 heterocycles. The fourth-order valence-electron chi connectivity index (χ4n) is 5.89. The lowest BCUT2D eigenvalue weighted by Crippen LogP contribution is -2.30. The van der Waals surface area contributed by atoms with Gasteiger partial charge >= 0.3 is 17.9 Å². The highest BCUT2D eigenvalue weighted by atomic mass is 16.6. The molecule has 0 aliphatic heterocycles. The van der Waals surface area contributed by atoms with Crippen molar-refractivity contribution in [1.82, 2.24) is 0 Å². The van der Waals surface area contributed by atoms with Crippen molar-refractivity contribution in [3.8, 4) is 0 Å². The quantitative estimate of drug-likeness (QED) is 0.0274. The monoisotopic (exact) mass is 717 g/mol. The number of ether oxygens (including phenoxy) is 3. The number of allylic oxidation sites excluding steroid dienone is 6. The molecule has 0 aromatic carbocycles. The molecule has 0 aliphatic rings. The van der Waals surface area contributed by atoms with Crippen LogP contribution in [0.15, 0.2) is 36.5 Å². The summed E-state index contributed by atoms with van der Waals surface area (Å²) in [7, 11) is 0. The van der Waals surface area contributed by atoms with Crippen LogP contribution in [0.4, 0.5) is 0 Å². The summed E-state index contributed by atoms with van der Waals surface area (Å²) in [4.78, 5) is 37.5. The van der Waals surface area contributed by atoms with Crippen LogP contribution in [-0.2, 0) is 28.6 Å². The van der Waals surface area contributed by atoms with E-state index < -0.39 is 6.10 Å². The van der Waals surface area contributed by atoms with Crippen molar-refractivity contribution in [1.29, 1.82) is 0 Å². The number of carbonyl (C=O) groups is 3. The van der Waals surface area contributed by atoms with Crippen LogP contribution in [0, 0.1) is 0 Å². The van der Waals surface area contributed by atoms with Crippen LogP contribution in [-0.4, -0.2) is 37.2 Å². The van der Waals surface area contributed by atoms with E-state index in [4.69, 9.17) is 14.2 Å². The van der Waals surface area contributed by atoms with Crippen LogP contribution < -0.4 is 0 Å². The standard InChI is InChI=1S/C45H80O6/c1-4-7-10-13-16-19-21-23-26-29-32-35-38-44(47)50-41-42(40-49-43(46)37-34-31-28-25-18-15-12-9-6-3)51-45(48)39-36-33-30-27-24-22-20-17-14-11-8-5-2/h7,10,16,19,25,28,42H,4-6,8-9,11-15,17-18,20-24,26-27,29-41H2,1-3H3/b10-7-,19-16-,28-25-. The van der Waals surface area contributed by atoms with Gasteiger partial charge in [0.1, 0.15) is 13.2 Å². The predicted octanol–water partition coefficient (Wildman–Crippen LogP) is 13.4. The highest BCUT2D eigenvalue weighted by molar-refractivity contribution is 5.71. The zero-order valence-electron chi connectivity index (χ0n) is 33.6. The van der Waals surface area contributed by atoms with E-state index in [1.807, 2.05) is 0 Å². The molecule has 0 saturated carbocycles. The Kier molecular flexibility index (Phi) is 38.5. The minimum absolute atomic E-state index is 0.0865. The van der Waals surface area contributed by atoms with E-state index in [1.165, 1.54) is 89.9 Å². The Morgan fingerprint density at radius 1 is 0.412 bits per heavy atom. The lowest BCUT2D eigenvalue weighted by atomic mass is 10.0. The number of esters is 3. The number of hydrogen-bond donors (Lipinski definition) is 0. The van der Waals surface area contributed by atoms with Crippen LogP contribution in [0.3, 0.4) is 0 Å². The largest absolute Gasteiger partial charge is 0.462 e. The van der Waals surface area contributed by atoms with E-state index in [1.54, 1.807) is 0 Å². The highest BCUT2D eigenvalue weighted by Gasteiger charge is 2.19. The molecular weight excluding hydrogens is 636 g/mol. The Labute approximate surface area is 315 Å². The Morgan fingerprint density at radius 3 is 1.29 bits per heavy atom. The Morgan fingerprint density at radius 2 is 0.784 bits per heavy atom. The predicted molar refractivity (Wildman–Crippen MR) is 215 cm³/mol. The van der Waals surface area contributed by atoms with Crippen molar-refractivity contribution in [3.05, 3.63) is 36.5 Å². The SMILES string of the molecule is CC/C=C\C/C=C\CCCCCCCC(=O)OCC(COC(=O)CCC/C=C\CCCCCC)OC(=O)CCCCCCCCCCCCCC. The van der Waals surface area contributed by atoms with Gasteiger partial charge in [-0.1, -0.05) is 166 Å². The van der Waals surface area contributed by atoms with Gasteiger partial charge < -0.3 is 14.2 Å². The van der Waals surface area contributed by atoms with E-state index in [-0.39, 0.29) is 31.1 Å². The molecule has 1 atom stereocenters. The fraction of sp³-hybridized carbons (Fsp3) is 0.800. The molecule has 0 aromatic rings. The topological polar surface area (TPSA) is 78.9 Å². The van der Waals surface area contributed by atoms with Crippen molar-refractivity contribution in [2.45, 2.75) is 219 Å². The van der Waals surface area contributed by atoms with Crippen LogP contribution >= 0.6 is 0 Å². The molecule has 0 aliphatic carbocycles. The van der Waals surface area contributed by atoms with Crippen molar-refractivity contribution in [2.75, 3.05) is 13.2 Å². The zero-order valence-corrected chi connectivity index (χ0v) is 33.6. The smallest absolute Gasteiger partial charge is 0.306 e. The summed E-state index contributed by atoms with van der Waals surface area (Å²) in [5.74, 6) is -0.938. The molecule has 0 aromatic heterocycles. The second-order valence-electron chi connectivity index (χ2n) is 14.2. The molecule has 0 rings (SSSR count). The summed E-state index contributed by atoms with van der Waals surface area (Å²) in [5, 5.41) is 0. The maximum absolute atomic E-state index is 12.7. The van der Waals surface area contributed by atoms with Gasteiger partial charge in [0.15, 0.2) is 6.10 Å². The first kappa shape index (κ1) is 48.6. The molecule has 6 nitrogen and oxygen atoms in total. The Hall–Kier alpha value is -2.37. The van der Waals surface area contributed by atoms with E-state index in [0.29, 0.717) is 19.3 Å². The van der Waals surface area contributed by atoms with Gasteiger partial charge in [-0.2, -0.15) is 0 Å². The molecule has 0 saturated heterocycles. The Balaban J connectivity index is 4.40. The summed E-state index contributed by atoms with van der Waals surface area (Å²) >= 11 is 0. The number of hydrogen-bond acceptors (Lipinski definition) is 6. The van der Waals surface area contributed by atoms with Crippen LogP contribution in [0.5, 0.6) is 0 Å². The van der Waals surface area contributed by atoms with Gasteiger partial charge in [0, 0.05) is 19.3 Å². The normalized spacial score (nSPS) is 12.3. The first-order valence-electron chi connectivity index (χ1n) is 21.5. The van der Waals surface area contributed by atoms with Gasteiger partial charge in [-0.05, 0) is 64.2 Å². The van der Waals surface area contributed by atoms with E-state index in [9.17, 15) is 14.4 Å². The third-order valence-corrected chi connectivity index (χ3v) is 9.13. The van der Waals surface area contributed by atoms with Gasteiger partial charge in [0.25, 0.3) is 0 Å². The first-order chi connectivity index (χ1) is 25.0. The van der Waals surface area contributed by atoms with Crippen LogP contribution in [0.2, 0.25) is 0 Å². The number of carbonyl (C=O) groups excluding carboxylic acids is 3. The molecule has 0 amide bonds. The average Bonchev–Trinajstić information content (AvgIpc) is 3.12. The van der Waals surface area contributed by atoms with Crippen molar-refractivity contribution in [2.24, 2.45) is 0 Å². The summed E-state index contributed by atoms with van der Waals surface area (Å²) < 4.78 is 16.6. The molecule has 296 valence electrons. The maximum Gasteiger partial charge on any atom is 0.306 e. The highest BCUT2D eigenvalue weighted by Crippen LogP contribution is 2.14.